The van der Waals surface area contributed by atoms with Gasteiger partial charge < -0.3 is 5.32 Å². The van der Waals surface area contributed by atoms with Gasteiger partial charge in [0.25, 0.3) is 0 Å². The van der Waals surface area contributed by atoms with Gasteiger partial charge in [0.05, 0.1) is 5.69 Å². The molecule has 2 heterocycles. The summed E-state index contributed by atoms with van der Waals surface area (Å²) in [6.07, 6.45) is 5.52. The summed E-state index contributed by atoms with van der Waals surface area (Å²) in [4.78, 5) is 10.6. The lowest BCUT2D eigenvalue weighted by atomic mass is 9.98. The van der Waals surface area contributed by atoms with Crippen LogP contribution in [0.4, 0.5) is 0 Å². The number of thiazole rings is 1. The lowest BCUT2D eigenvalue weighted by Crippen LogP contribution is -2.23. The van der Waals surface area contributed by atoms with Gasteiger partial charge in [-0.3, -0.25) is 4.98 Å². The van der Waals surface area contributed by atoms with Crippen molar-refractivity contribution in [2.45, 2.75) is 39.2 Å². The molecule has 1 N–H and O–H groups in total. The molecular weight excluding hydrogens is 254 g/mol. The minimum atomic E-state index is 0.499. The minimum Gasteiger partial charge on any atom is -0.309 e. The topological polar surface area (TPSA) is 37.8 Å². The summed E-state index contributed by atoms with van der Waals surface area (Å²) < 4.78 is 0. The van der Waals surface area contributed by atoms with Gasteiger partial charge in [0, 0.05) is 28.4 Å². The van der Waals surface area contributed by atoms with E-state index in [1.807, 2.05) is 24.5 Å². The van der Waals surface area contributed by atoms with Crippen LogP contribution in [0.5, 0.6) is 0 Å². The molecule has 0 saturated carbocycles. The molecule has 2 aromatic heterocycles. The third-order valence-corrected chi connectivity index (χ3v) is 4.82. The van der Waals surface area contributed by atoms with Gasteiger partial charge >= 0.3 is 0 Å². The van der Waals surface area contributed by atoms with Crippen molar-refractivity contribution < 1.29 is 0 Å². The molecule has 0 radical (unpaired) electrons. The van der Waals surface area contributed by atoms with Gasteiger partial charge in [0.1, 0.15) is 5.01 Å². The highest BCUT2D eigenvalue weighted by Crippen LogP contribution is 2.37. The monoisotopic (exact) mass is 273 g/mol. The van der Waals surface area contributed by atoms with Crippen molar-refractivity contribution in [3.05, 3.63) is 34.6 Å². The van der Waals surface area contributed by atoms with E-state index in [1.54, 1.807) is 0 Å². The normalized spacial score (nSPS) is 18.3. The fourth-order valence-electron chi connectivity index (χ4n) is 2.58. The second-order valence-corrected chi connectivity index (χ2v) is 6.05. The average molecular weight is 273 g/mol. The number of aromatic nitrogens is 2. The van der Waals surface area contributed by atoms with E-state index < -0.39 is 0 Å². The Hall–Kier alpha value is -1.26. The molecule has 1 aliphatic carbocycles. The second kappa shape index (κ2) is 5.39. The fraction of sp³-hybridized carbons (Fsp3) is 0.467. The molecule has 100 valence electrons. The number of hydrogen-bond acceptors (Lipinski definition) is 4. The minimum absolute atomic E-state index is 0.499. The Morgan fingerprint density at radius 2 is 2.32 bits per heavy atom. The highest BCUT2D eigenvalue weighted by molar-refractivity contribution is 7.15. The van der Waals surface area contributed by atoms with Crippen LogP contribution < -0.4 is 5.32 Å². The van der Waals surface area contributed by atoms with Crippen molar-refractivity contribution in [2.75, 3.05) is 6.54 Å². The van der Waals surface area contributed by atoms with Crippen LogP contribution in [0.25, 0.3) is 10.6 Å². The molecule has 3 nitrogen and oxygen atoms in total. The fourth-order valence-corrected chi connectivity index (χ4v) is 3.79. The van der Waals surface area contributed by atoms with Gasteiger partial charge in [-0.2, -0.15) is 0 Å². The Balaban J connectivity index is 1.95. The molecule has 0 bridgehead atoms. The van der Waals surface area contributed by atoms with Crippen LogP contribution >= 0.6 is 11.3 Å². The molecule has 0 spiro atoms. The van der Waals surface area contributed by atoms with Crippen LogP contribution in [0.1, 0.15) is 42.1 Å². The van der Waals surface area contributed by atoms with E-state index in [9.17, 15) is 0 Å². The first-order chi connectivity index (χ1) is 9.28. The van der Waals surface area contributed by atoms with E-state index >= 15 is 0 Å². The summed E-state index contributed by atoms with van der Waals surface area (Å²) in [6.45, 7) is 5.20. The quantitative estimate of drug-likeness (QED) is 0.930. The summed E-state index contributed by atoms with van der Waals surface area (Å²) in [6, 6.07) is 4.67. The zero-order chi connectivity index (χ0) is 13.2. The van der Waals surface area contributed by atoms with E-state index in [0.717, 1.165) is 29.2 Å². The molecule has 4 heteroatoms. The van der Waals surface area contributed by atoms with E-state index in [-0.39, 0.29) is 0 Å². The molecule has 1 unspecified atom stereocenters. The van der Waals surface area contributed by atoms with Gasteiger partial charge in [-0.15, -0.1) is 11.3 Å². The Morgan fingerprint density at radius 1 is 1.42 bits per heavy atom. The van der Waals surface area contributed by atoms with Crippen molar-refractivity contribution in [3.8, 4) is 10.6 Å². The molecule has 0 saturated heterocycles. The van der Waals surface area contributed by atoms with Gasteiger partial charge in [0.2, 0.25) is 0 Å². The Morgan fingerprint density at radius 3 is 3.05 bits per heavy atom. The van der Waals surface area contributed by atoms with Crippen LogP contribution in [0.2, 0.25) is 0 Å². The van der Waals surface area contributed by atoms with Gasteiger partial charge in [-0.05, 0) is 44.9 Å². The number of aryl methyl sites for hydroxylation is 2. The number of nitrogens with zero attached hydrogens (tertiary/aromatic N) is 2. The lowest BCUT2D eigenvalue weighted by molar-refractivity contribution is 0.476. The maximum atomic E-state index is 4.82. The predicted molar refractivity (Wildman–Crippen MR) is 79.4 cm³/mol. The largest absolute Gasteiger partial charge is 0.309 e. The average Bonchev–Trinajstić information content (AvgIpc) is 2.85. The zero-order valence-corrected chi connectivity index (χ0v) is 12.3. The molecule has 2 aromatic rings. The van der Waals surface area contributed by atoms with Crippen LogP contribution in [0.3, 0.4) is 0 Å². The first-order valence-electron chi connectivity index (χ1n) is 6.94. The van der Waals surface area contributed by atoms with E-state index in [1.165, 1.54) is 23.4 Å². The molecule has 0 amide bonds. The molecule has 0 aliphatic heterocycles. The lowest BCUT2D eigenvalue weighted by Gasteiger charge is -2.21. The van der Waals surface area contributed by atoms with E-state index in [4.69, 9.17) is 4.98 Å². The van der Waals surface area contributed by atoms with Gasteiger partial charge in [-0.25, -0.2) is 4.98 Å². The standard InChI is InChI=1S/C15H19N3S/c1-3-16-12-5-4-6-13-14(12)19-15(18-13)11-8-7-10(2)17-9-11/h7-9,12,16H,3-6H2,1-2H3. The molecule has 0 fully saturated rings. The summed E-state index contributed by atoms with van der Waals surface area (Å²) in [7, 11) is 0. The summed E-state index contributed by atoms with van der Waals surface area (Å²) in [5, 5.41) is 4.68. The van der Waals surface area contributed by atoms with Crippen molar-refractivity contribution >= 4 is 11.3 Å². The highest BCUT2D eigenvalue weighted by Gasteiger charge is 2.24. The van der Waals surface area contributed by atoms with Crippen molar-refractivity contribution in [2.24, 2.45) is 0 Å². The molecule has 1 atom stereocenters. The first kappa shape index (κ1) is 12.8. The van der Waals surface area contributed by atoms with Gasteiger partial charge in [0.15, 0.2) is 0 Å². The number of hydrogen-bond donors (Lipinski definition) is 1. The summed E-state index contributed by atoms with van der Waals surface area (Å²) in [5.41, 5.74) is 3.48. The second-order valence-electron chi connectivity index (χ2n) is 5.02. The summed E-state index contributed by atoms with van der Waals surface area (Å²) in [5.74, 6) is 0. The first-order valence-corrected chi connectivity index (χ1v) is 7.75. The SMILES string of the molecule is CCNC1CCCc2nc(-c3ccc(C)nc3)sc21. The Kier molecular flexibility index (Phi) is 3.62. The maximum absolute atomic E-state index is 4.82. The third-order valence-electron chi connectivity index (χ3n) is 3.56. The van der Waals surface area contributed by atoms with Crippen molar-refractivity contribution in [3.63, 3.8) is 0 Å². The van der Waals surface area contributed by atoms with Crippen molar-refractivity contribution in [1.82, 2.24) is 15.3 Å². The number of rotatable bonds is 3. The van der Waals surface area contributed by atoms with Crippen LogP contribution in [0.15, 0.2) is 18.3 Å². The smallest absolute Gasteiger partial charge is 0.125 e. The zero-order valence-electron chi connectivity index (χ0n) is 11.4. The Bertz CT molecular complexity index is 559. The van der Waals surface area contributed by atoms with E-state index in [0.29, 0.717) is 6.04 Å². The van der Waals surface area contributed by atoms with Crippen LogP contribution in [-0.2, 0) is 6.42 Å². The molecule has 1 aliphatic rings. The maximum Gasteiger partial charge on any atom is 0.125 e. The van der Waals surface area contributed by atoms with Crippen LogP contribution in [0, 0.1) is 6.92 Å². The summed E-state index contributed by atoms with van der Waals surface area (Å²) >= 11 is 1.83. The molecule has 19 heavy (non-hydrogen) atoms. The third kappa shape index (κ3) is 2.55. The van der Waals surface area contributed by atoms with Gasteiger partial charge in [-0.1, -0.05) is 6.92 Å². The molecule has 3 rings (SSSR count). The molecule has 0 aromatic carbocycles. The Labute approximate surface area is 118 Å². The number of fused-ring (bicyclic) bond motifs is 1. The predicted octanol–water partition coefficient (Wildman–Crippen LogP) is 3.50. The van der Waals surface area contributed by atoms with E-state index in [2.05, 4.69) is 29.4 Å². The number of pyridine rings is 1. The highest BCUT2D eigenvalue weighted by atomic mass is 32.1. The van der Waals surface area contributed by atoms with Crippen LogP contribution in [-0.4, -0.2) is 16.5 Å². The number of nitrogens with one attached hydrogen (secondary N) is 1. The van der Waals surface area contributed by atoms with Crippen molar-refractivity contribution in [1.29, 1.82) is 0 Å². The molecular formula is C15H19N3S.